The lowest BCUT2D eigenvalue weighted by Gasteiger charge is -2.22. The fourth-order valence-corrected chi connectivity index (χ4v) is 2.29. The smallest absolute Gasteiger partial charge is 0.222 e. The Balaban J connectivity index is 1.45. The van der Waals surface area contributed by atoms with E-state index in [4.69, 9.17) is 4.74 Å². The highest BCUT2D eigenvalue weighted by molar-refractivity contribution is 5.75. The molecule has 0 radical (unpaired) electrons. The number of aromatic amines is 1. The Morgan fingerprint density at radius 1 is 1.45 bits per heavy atom. The highest BCUT2D eigenvalue weighted by atomic mass is 16.5. The van der Waals surface area contributed by atoms with Crippen molar-refractivity contribution in [3.63, 3.8) is 0 Å². The summed E-state index contributed by atoms with van der Waals surface area (Å²) in [5, 5.41) is 6.20. The molecule has 0 atom stereocenters. The molecule has 1 fully saturated rings. The number of carbonyl (C=O) groups is 1. The molecule has 20 heavy (non-hydrogen) atoms. The molecule has 1 amide bonds. The van der Waals surface area contributed by atoms with Gasteiger partial charge in [0.15, 0.2) is 0 Å². The van der Waals surface area contributed by atoms with E-state index in [9.17, 15) is 4.79 Å². The summed E-state index contributed by atoms with van der Waals surface area (Å²) < 4.78 is 5.70. The number of nitrogens with one attached hydrogen (secondary N) is 3. The van der Waals surface area contributed by atoms with Crippen molar-refractivity contribution in [2.45, 2.75) is 38.2 Å². The second-order valence-corrected chi connectivity index (χ2v) is 5.06. The van der Waals surface area contributed by atoms with Crippen LogP contribution in [-0.4, -0.2) is 48.2 Å². The van der Waals surface area contributed by atoms with E-state index in [1.807, 2.05) is 6.20 Å². The van der Waals surface area contributed by atoms with Crippen LogP contribution in [-0.2, 0) is 16.0 Å². The van der Waals surface area contributed by atoms with Gasteiger partial charge >= 0.3 is 0 Å². The first-order valence-electron chi connectivity index (χ1n) is 7.42. The Labute approximate surface area is 119 Å². The molecular weight excluding hydrogens is 256 g/mol. The maximum Gasteiger partial charge on any atom is 0.222 e. The molecule has 3 N–H and O–H groups in total. The fourth-order valence-electron chi connectivity index (χ4n) is 2.29. The van der Waals surface area contributed by atoms with Crippen LogP contribution >= 0.6 is 0 Å². The average molecular weight is 280 g/mol. The number of nitrogens with zero attached hydrogens (tertiary/aromatic N) is 1. The third kappa shape index (κ3) is 5.71. The normalized spacial score (nSPS) is 16.2. The third-order valence-electron chi connectivity index (χ3n) is 3.44. The number of imidazole rings is 1. The van der Waals surface area contributed by atoms with Crippen LogP contribution in [0.25, 0.3) is 0 Å². The van der Waals surface area contributed by atoms with Crippen LogP contribution in [0.4, 0.5) is 0 Å². The molecule has 2 heterocycles. The number of H-pyrrole nitrogens is 1. The van der Waals surface area contributed by atoms with Gasteiger partial charge in [0.2, 0.25) is 5.91 Å². The van der Waals surface area contributed by atoms with E-state index in [0.717, 1.165) is 44.6 Å². The highest BCUT2D eigenvalue weighted by Gasteiger charge is 2.13. The zero-order valence-corrected chi connectivity index (χ0v) is 11.9. The minimum atomic E-state index is 0.0679. The molecule has 0 unspecified atom stereocenters. The van der Waals surface area contributed by atoms with Crippen LogP contribution in [0, 0.1) is 0 Å². The Bertz CT molecular complexity index is 375. The number of aryl methyl sites for hydroxylation is 1. The van der Waals surface area contributed by atoms with Gasteiger partial charge in [-0.15, -0.1) is 0 Å². The van der Waals surface area contributed by atoms with Gasteiger partial charge in [0, 0.05) is 31.8 Å². The van der Waals surface area contributed by atoms with Gasteiger partial charge in [-0.3, -0.25) is 4.79 Å². The quantitative estimate of drug-likeness (QED) is 0.610. The maximum absolute atomic E-state index is 11.6. The fraction of sp³-hybridized carbons (Fsp3) is 0.714. The van der Waals surface area contributed by atoms with Gasteiger partial charge < -0.3 is 20.4 Å². The molecule has 112 valence electrons. The van der Waals surface area contributed by atoms with Gasteiger partial charge in [0.05, 0.1) is 12.7 Å². The van der Waals surface area contributed by atoms with Gasteiger partial charge in [-0.1, -0.05) is 0 Å². The highest BCUT2D eigenvalue weighted by Crippen LogP contribution is 2.07. The van der Waals surface area contributed by atoms with Crippen molar-refractivity contribution in [2.75, 3.05) is 26.2 Å². The van der Waals surface area contributed by atoms with Crippen molar-refractivity contribution < 1.29 is 9.53 Å². The molecule has 0 bridgehead atoms. The summed E-state index contributed by atoms with van der Waals surface area (Å²) in [7, 11) is 0. The summed E-state index contributed by atoms with van der Waals surface area (Å²) in [4.78, 5) is 18.8. The maximum atomic E-state index is 11.6. The van der Waals surface area contributed by atoms with Gasteiger partial charge in [-0.25, -0.2) is 4.98 Å². The molecule has 0 aliphatic carbocycles. The van der Waals surface area contributed by atoms with Crippen molar-refractivity contribution in [1.29, 1.82) is 0 Å². The summed E-state index contributed by atoms with van der Waals surface area (Å²) in [6.07, 6.45) is 8.17. The SMILES string of the molecule is O=C(CCOC1CCNCC1)NCCCc1ncc[nH]1. The largest absolute Gasteiger partial charge is 0.378 e. The lowest BCUT2D eigenvalue weighted by Crippen LogP contribution is -2.33. The van der Waals surface area contributed by atoms with Gasteiger partial charge in [-0.05, 0) is 32.4 Å². The first-order valence-corrected chi connectivity index (χ1v) is 7.42. The molecule has 1 saturated heterocycles. The van der Waals surface area contributed by atoms with Gasteiger partial charge in [-0.2, -0.15) is 0 Å². The summed E-state index contributed by atoms with van der Waals surface area (Å²) in [6, 6.07) is 0. The van der Waals surface area contributed by atoms with Crippen LogP contribution in [0.3, 0.4) is 0 Å². The average Bonchev–Trinajstić information content (AvgIpc) is 2.98. The van der Waals surface area contributed by atoms with E-state index in [0.29, 0.717) is 25.7 Å². The van der Waals surface area contributed by atoms with E-state index in [1.165, 1.54) is 0 Å². The van der Waals surface area contributed by atoms with E-state index in [2.05, 4.69) is 20.6 Å². The lowest BCUT2D eigenvalue weighted by molar-refractivity contribution is -0.122. The summed E-state index contributed by atoms with van der Waals surface area (Å²) in [5.41, 5.74) is 0. The predicted octanol–water partition coefficient (Wildman–Crippen LogP) is 0.617. The summed E-state index contributed by atoms with van der Waals surface area (Å²) in [5.74, 6) is 1.03. The number of hydrogen-bond donors (Lipinski definition) is 3. The number of piperidine rings is 1. The third-order valence-corrected chi connectivity index (χ3v) is 3.44. The molecule has 0 spiro atoms. The van der Waals surface area contributed by atoms with E-state index >= 15 is 0 Å². The number of hydrogen-bond acceptors (Lipinski definition) is 4. The van der Waals surface area contributed by atoms with Crippen molar-refractivity contribution in [2.24, 2.45) is 0 Å². The first-order chi connectivity index (χ1) is 9.84. The Kier molecular flexibility index (Phi) is 6.53. The standard InChI is InChI=1S/C14H24N4O2/c19-14(5-11-20-12-3-7-15-8-4-12)18-6-1-2-13-16-9-10-17-13/h9-10,12,15H,1-8,11H2,(H,16,17)(H,18,19). The number of ether oxygens (including phenoxy) is 1. The van der Waals surface area contributed by atoms with Gasteiger partial charge in [0.25, 0.3) is 0 Å². The molecule has 1 aliphatic rings. The van der Waals surface area contributed by atoms with Gasteiger partial charge in [0.1, 0.15) is 5.82 Å². The lowest BCUT2D eigenvalue weighted by atomic mass is 10.1. The molecule has 1 aliphatic heterocycles. The van der Waals surface area contributed by atoms with Crippen molar-refractivity contribution >= 4 is 5.91 Å². The zero-order chi connectivity index (χ0) is 14.0. The Morgan fingerprint density at radius 3 is 3.05 bits per heavy atom. The summed E-state index contributed by atoms with van der Waals surface area (Å²) in [6.45, 7) is 3.24. The molecule has 6 heteroatoms. The topological polar surface area (TPSA) is 79.0 Å². The molecule has 1 aromatic heterocycles. The van der Waals surface area contributed by atoms with Crippen LogP contribution in [0.5, 0.6) is 0 Å². The first kappa shape index (κ1) is 15.0. The van der Waals surface area contributed by atoms with Crippen LogP contribution in [0.2, 0.25) is 0 Å². The second-order valence-electron chi connectivity index (χ2n) is 5.06. The molecule has 1 aromatic rings. The minimum absolute atomic E-state index is 0.0679. The summed E-state index contributed by atoms with van der Waals surface area (Å²) >= 11 is 0. The zero-order valence-electron chi connectivity index (χ0n) is 11.9. The van der Waals surface area contributed by atoms with E-state index in [-0.39, 0.29) is 5.91 Å². The number of rotatable bonds is 8. The van der Waals surface area contributed by atoms with Crippen molar-refractivity contribution in [3.05, 3.63) is 18.2 Å². The van der Waals surface area contributed by atoms with Crippen LogP contribution < -0.4 is 10.6 Å². The molecule has 2 rings (SSSR count). The second kappa shape index (κ2) is 8.71. The Hall–Kier alpha value is -1.40. The minimum Gasteiger partial charge on any atom is -0.378 e. The van der Waals surface area contributed by atoms with Crippen molar-refractivity contribution in [1.82, 2.24) is 20.6 Å². The number of aromatic nitrogens is 2. The molecule has 6 nitrogen and oxygen atoms in total. The molecule has 0 aromatic carbocycles. The molecule has 0 saturated carbocycles. The monoisotopic (exact) mass is 280 g/mol. The van der Waals surface area contributed by atoms with Crippen LogP contribution in [0.1, 0.15) is 31.5 Å². The molecular formula is C14H24N4O2. The van der Waals surface area contributed by atoms with E-state index < -0.39 is 0 Å². The van der Waals surface area contributed by atoms with E-state index in [1.54, 1.807) is 6.20 Å². The number of amides is 1. The number of carbonyl (C=O) groups excluding carboxylic acids is 1. The predicted molar refractivity (Wildman–Crippen MR) is 76.4 cm³/mol. The Morgan fingerprint density at radius 2 is 2.30 bits per heavy atom. The van der Waals surface area contributed by atoms with Crippen molar-refractivity contribution in [3.8, 4) is 0 Å². The van der Waals surface area contributed by atoms with Crippen LogP contribution in [0.15, 0.2) is 12.4 Å².